The minimum absolute atomic E-state index is 0.101. The number of nitrogens with one attached hydrogen (secondary N) is 1. The number of rotatable bonds is 12. The second-order valence-electron chi connectivity index (χ2n) is 9.22. The van der Waals surface area contributed by atoms with Crippen LogP contribution in [0.2, 0.25) is 10.0 Å². The molecule has 0 aromatic heterocycles. The van der Waals surface area contributed by atoms with Crippen molar-refractivity contribution in [3.63, 3.8) is 0 Å². The summed E-state index contributed by atoms with van der Waals surface area (Å²) in [6, 6.07) is 22.4. The van der Waals surface area contributed by atoms with Crippen molar-refractivity contribution in [1.82, 2.24) is 10.2 Å². The van der Waals surface area contributed by atoms with E-state index in [-0.39, 0.29) is 17.6 Å². The predicted octanol–water partition coefficient (Wildman–Crippen LogP) is 7.40. The normalized spacial score (nSPS) is 11.8. The zero-order valence-corrected chi connectivity index (χ0v) is 24.8. The minimum Gasteiger partial charge on any atom is -0.354 e. The number of amides is 2. The molecule has 0 aliphatic carbocycles. The molecule has 196 valence electrons. The van der Waals surface area contributed by atoms with Gasteiger partial charge in [-0.2, -0.15) is 0 Å². The van der Waals surface area contributed by atoms with E-state index in [1.165, 1.54) is 11.8 Å². The van der Waals surface area contributed by atoms with E-state index in [1.807, 2.05) is 60.7 Å². The molecular formula is C29H31BrCl2N2O2S. The molecule has 0 aliphatic heterocycles. The predicted molar refractivity (Wildman–Crippen MR) is 159 cm³/mol. The van der Waals surface area contributed by atoms with E-state index >= 15 is 0 Å². The van der Waals surface area contributed by atoms with Gasteiger partial charge in [-0.05, 0) is 46.9 Å². The lowest BCUT2D eigenvalue weighted by molar-refractivity contribution is -0.139. The SMILES string of the molecule is CC(C)CNC(=O)[C@H](Cc1ccccc1)N(Cc1cccc(Br)c1)C(=O)CSCc1ccc(Cl)cc1Cl. The van der Waals surface area contributed by atoms with Crippen LogP contribution in [0.1, 0.15) is 30.5 Å². The zero-order chi connectivity index (χ0) is 26.8. The van der Waals surface area contributed by atoms with Crippen LogP contribution in [0.5, 0.6) is 0 Å². The Morgan fingerprint density at radius 2 is 1.70 bits per heavy atom. The van der Waals surface area contributed by atoms with Gasteiger partial charge in [0.25, 0.3) is 0 Å². The molecule has 0 aliphatic rings. The summed E-state index contributed by atoms with van der Waals surface area (Å²) in [7, 11) is 0. The molecule has 0 radical (unpaired) electrons. The number of nitrogens with zero attached hydrogens (tertiary/aromatic N) is 1. The molecule has 0 unspecified atom stereocenters. The lowest BCUT2D eigenvalue weighted by atomic mass is 10.0. The molecular weight excluding hydrogens is 591 g/mol. The molecule has 1 atom stereocenters. The maximum Gasteiger partial charge on any atom is 0.243 e. The maximum absolute atomic E-state index is 13.7. The molecule has 37 heavy (non-hydrogen) atoms. The van der Waals surface area contributed by atoms with Crippen molar-refractivity contribution in [1.29, 1.82) is 0 Å². The van der Waals surface area contributed by atoms with Crippen molar-refractivity contribution in [2.45, 2.75) is 38.6 Å². The van der Waals surface area contributed by atoms with E-state index < -0.39 is 6.04 Å². The summed E-state index contributed by atoms with van der Waals surface area (Å²) >= 11 is 17.3. The van der Waals surface area contributed by atoms with Gasteiger partial charge in [0.15, 0.2) is 0 Å². The average molecular weight is 622 g/mol. The number of carbonyl (C=O) groups excluding carboxylic acids is 2. The summed E-state index contributed by atoms with van der Waals surface area (Å²) in [6.45, 7) is 4.98. The molecule has 0 heterocycles. The Morgan fingerprint density at radius 1 is 0.973 bits per heavy atom. The standard InChI is InChI=1S/C29H31BrCl2N2O2S/c1-20(2)16-33-29(36)27(14-21-7-4-3-5-8-21)34(17-22-9-6-10-24(30)13-22)28(35)19-37-18-23-11-12-25(31)15-26(23)32/h3-13,15,20,27H,14,16-19H2,1-2H3,(H,33,36)/t27-/m0/s1. The van der Waals surface area contributed by atoms with Gasteiger partial charge in [0.2, 0.25) is 11.8 Å². The Bertz CT molecular complexity index is 1190. The topological polar surface area (TPSA) is 49.4 Å². The summed E-state index contributed by atoms with van der Waals surface area (Å²) in [6.07, 6.45) is 0.429. The third kappa shape index (κ3) is 9.68. The Hall–Kier alpha value is -1.99. The van der Waals surface area contributed by atoms with Crippen molar-refractivity contribution in [2.75, 3.05) is 12.3 Å². The summed E-state index contributed by atoms with van der Waals surface area (Å²) in [5, 5.41) is 4.20. The minimum atomic E-state index is -0.646. The van der Waals surface area contributed by atoms with E-state index in [0.717, 1.165) is 21.2 Å². The number of benzene rings is 3. The van der Waals surface area contributed by atoms with Crippen molar-refractivity contribution in [2.24, 2.45) is 5.92 Å². The van der Waals surface area contributed by atoms with Gasteiger partial charge in [0.05, 0.1) is 5.75 Å². The van der Waals surface area contributed by atoms with Gasteiger partial charge in [-0.15, -0.1) is 11.8 Å². The third-order valence-electron chi connectivity index (χ3n) is 5.70. The number of carbonyl (C=O) groups is 2. The Kier molecular flexibility index (Phi) is 11.8. The molecule has 8 heteroatoms. The van der Waals surface area contributed by atoms with E-state index in [4.69, 9.17) is 23.2 Å². The first kappa shape index (κ1) is 29.6. The number of thioether (sulfide) groups is 1. The van der Waals surface area contributed by atoms with Crippen LogP contribution in [-0.4, -0.2) is 35.1 Å². The molecule has 3 aromatic carbocycles. The van der Waals surface area contributed by atoms with E-state index in [0.29, 0.717) is 41.2 Å². The summed E-state index contributed by atoms with van der Waals surface area (Å²) in [4.78, 5) is 28.9. The van der Waals surface area contributed by atoms with Crippen LogP contribution in [0.3, 0.4) is 0 Å². The fourth-order valence-corrected chi connectivity index (χ4v) is 5.69. The van der Waals surface area contributed by atoms with Crippen molar-refractivity contribution >= 4 is 62.7 Å². The quantitative estimate of drug-likeness (QED) is 0.229. The monoisotopic (exact) mass is 620 g/mol. The first-order valence-electron chi connectivity index (χ1n) is 12.1. The first-order chi connectivity index (χ1) is 17.7. The molecule has 2 amide bonds. The maximum atomic E-state index is 13.7. The van der Waals surface area contributed by atoms with E-state index in [2.05, 4.69) is 35.1 Å². The highest BCUT2D eigenvalue weighted by Gasteiger charge is 2.30. The second-order valence-corrected chi connectivity index (χ2v) is 12.0. The summed E-state index contributed by atoms with van der Waals surface area (Å²) in [5.41, 5.74) is 2.86. The van der Waals surface area contributed by atoms with Crippen LogP contribution < -0.4 is 5.32 Å². The fraction of sp³-hybridized carbons (Fsp3) is 0.310. The highest BCUT2D eigenvalue weighted by molar-refractivity contribution is 9.10. The number of halogens is 3. The lowest BCUT2D eigenvalue weighted by Gasteiger charge is -2.32. The van der Waals surface area contributed by atoms with Gasteiger partial charge in [0, 0.05) is 39.8 Å². The van der Waals surface area contributed by atoms with Gasteiger partial charge < -0.3 is 10.2 Å². The van der Waals surface area contributed by atoms with Crippen LogP contribution in [0.4, 0.5) is 0 Å². The van der Waals surface area contributed by atoms with E-state index in [9.17, 15) is 9.59 Å². The van der Waals surface area contributed by atoms with Gasteiger partial charge in [-0.25, -0.2) is 0 Å². The van der Waals surface area contributed by atoms with Gasteiger partial charge >= 0.3 is 0 Å². The molecule has 0 spiro atoms. The van der Waals surface area contributed by atoms with Crippen LogP contribution in [0.15, 0.2) is 77.3 Å². The Morgan fingerprint density at radius 3 is 2.38 bits per heavy atom. The third-order valence-corrected chi connectivity index (χ3v) is 7.74. The van der Waals surface area contributed by atoms with Gasteiger partial charge in [-0.1, -0.05) is 102 Å². The zero-order valence-electron chi connectivity index (χ0n) is 20.9. The smallest absolute Gasteiger partial charge is 0.243 e. The van der Waals surface area contributed by atoms with Crippen LogP contribution in [0, 0.1) is 5.92 Å². The molecule has 1 N–H and O–H groups in total. The van der Waals surface area contributed by atoms with Gasteiger partial charge in [0.1, 0.15) is 6.04 Å². The van der Waals surface area contributed by atoms with E-state index in [1.54, 1.807) is 17.0 Å². The Labute approximate surface area is 242 Å². The molecule has 0 saturated heterocycles. The summed E-state index contributed by atoms with van der Waals surface area (Å²) < 4.78 is 0.924. The highest BCUT2D eigenvalue weighted by Crippen LogP contribution is 2.25. The first-order valence-corrected chi connectivity index (χ1v) is 14.8. The largest absolute Gasteiger partial charge is 0.354 e. The molecule has 4 nitrogen and oxygen atoms in total. The average Bonchev–Trinajstić information content (AvgIpc) is 2.86. The van der Waals surface area contributed by atoms with Gasteiger partial charge in [-0.3, -0.25) is 9.59 Å². The highest BCUT2D eigenvalue weighted by atomic mass is 79.9. The van der Waals surface area contributed by atoms with Crippen molar-refractivity contribution < 1.29 is 9.59 Å². The van der Waals surface area contributed by atoms with Crippen LogP contribution >= 0.6 is 50.9 Å². The number of hydrogen-bond acceptors (Lipinski definition) is 3. The fourth-order valence-electron chi connectivity index (χ4n) is 3.78. The molecule has 0 saturated carbocycles. The molecule has 3 aromatic rings. The molecule has 0 fully saturated rings. The van der Waals surface area contributed by atoms with Crippen molar-refractivity contribution in [3.8, 4) is 0 Å². The molecule has 0 bridgehead atoms. The summed E-state index contributed by atoms with van der Waals surface area (Å²) in [5.74, 6) is 0.836. The van der Waals surface area contributed by atoms with Crippen LogP contribution in [-0.2, 0) is 28.3 Å². The lowest BCUT2D eigenvalue weighted by Crippen LogP contribution is -2.51. The Balaban J connectivity index is 1.85. The molecule has 3 rings (SSSR count). The van der Waals surface area contributed by atoms with Crippen molar-refractivity contribution in [3.05, 3.63) is 104 Å². The number of hydrogen-bond donors (Lipinski definition) is 1. The second kappa shape index (κ2) is 14.8. The van der Waals surface area contributed by atoms with Crippen LogP contribution in [0.25, 0.3) is 0 Å².